The highest BCUT2D eigenvalue weighted by atomic mass is 79.9. The van der Waals surface area contributed by atoms with Crippen LogP contribution in [0.5, 0.6) is 0 Å². The fraction of sp³-hybridized carbons (Fsp3) is 0.600. The smallest absolute Gasteiger partial charge is 0.00829 e. The third kappa shape index (κ3) is 0.752. The maximum Gasteiger partial charge on any atom is -0.00829 e. The molecule has 0 amide bonds. The highest BCUT2D eigenvalue weighted by Gasteiger charge is 2.45. The van der Waals surface area contributed by atoms with Gasteiger partial charge in [0.25, 0.3) is 0 Å². The second kappa shape index (κ2) is 2.01. The summed E-state index contributed by atoms with van der Waals surface area (Å²) in [5.74, 6) is 3.65. The highest BCUT2D eigenvalue weighted by molar-refractivity contribution is 9.11. The van der Waals surface area contributed by atoms with Crippen LogP contribution in [-0.2, 0) is 0 Å². The van der Waals surface area contributed by atoms with E-state index in [2.05, 4.69) is 34.2 Å². The lowest BCUT2D eigenvalue weighted by Gasteiger charge is -2.18. The molecule has 0 aliphatic heterocycles. The molecule has 4 atom stereocenters. The molecule has 2 bridgehead atoms. The summed E-state index contributed by atoms with van der Waals surface area (Å²) in [6.45, 7) is 0. The molecule has 4 unspecified atom stereocenters. The fourth-order valence-electron chi connectivity index (χ4n) is 3.00. The Bertz CT molecular complexity index is 252. The van der Waals surface area contributed by atoms with E-state index in [4.69, 9.17) is 0 Å². The van der Waals surface area contributed by atoms with Crippen molar-refractivity contribution in [1.82, 2.24) is 0 Å². The van der Waals surface area contributed by atoms with Gasteiger partial charge in [0.1, 0.15) is 0 Å². The van der Waals surface area contributed by atoms with Crippen molar-refractivity contribution in [3.05, 3.63) is 22.7 Å². The number of rotatable bonds is 0. The Morgan fingerprint density at radius 3 is 2.91 bits per heavy atom. The molecule has 1 heteroatoms. The normalized spacial score (nSPS) is 51.5. The van der Waals surface area contributed by atoms with E-state index in [0.717, 1.165) is 23.7 Å². The van der Waals surface area contributed by atoms with Gasteiger partial charge >= 0.3 is 0 Å². The van der Waals surface area contributed by atoms with Crippen LogP contribution in [0.3, 0.4) is 0 Å². The molecule has 0 aromatic heterocycles. The number of fused-ring (bicyclic) bond motifs is 5. The van der Waals surface area contributed by atoms with E-state index >= 15 is 0 Å². The quantitative estimate of drug-likeness (QED) is 0.540. The molecule has 0 aromatic rings. The van der Waals surface area contributed by atoms with Gasteiger partial charge in [-0.3, -0.25) is 0 Å². The van der Waals surface area contributed by atoms with Crippen molar-refractivity contribution in [2.45, 2.75) is 12.8 Å². The lowest BCUT2D eigenvalue weighted by molar-refractivity contribution is 0.397. The molecule has 1 fully saturated rings. The van der Waals surface area contributed by atoms with Crippen LogP contribution in [0, 0.1) is 23.7 Å². The first-order valence-electron chi connectivity index (χ1n) is 4.39. The first-order chi connectivity index (χ1) is 5.34. The largest absolute Gasteiger partial charge is 0.0848 e. The van der Waals surface area contributed by atoms with Gasteiger partial charge < -0.3 is 0 Å². The van der Waals surface area contributed by atoms with Crippen LogP contribution >= 0.6 is 15.9 Å². The summed E-state index contributed by atoms with van der Waals surface area (Å²) in [6, 6.07) is 0. The minimum Gasteiger partial charge on any atom is -0.0848 e. The Morgan fingerprint density at radius 2 is 2.09 bits per heavy atom. The van der Waals surface area contributed by atoms with Crippen molar-refractivity contribution in [2.24, 2.45) is 23.7 Å². The van der Waals surface area contributed by atoms with Gasteiger partial charge in [0.15, 0.2) is 0 Å². The van der Waals surface area contributed by atoms with Crippen molar-refractivity contribution >= 4 is 15.9 Å². The first-order valence-corrected chi connectivity index (χ1v) is 5.18. The van der Waals surface area contributed by atoms with Crippen LogP contribution in [0.1, 0.15) is 12.8 Å². The lowest BCUT2D eigenvalue weighted by Crippen LogP contribution is -2.12. The van der Waals surface area contributed by atoms with Crippen LogP contribution in [0.2, 0.25) is 0 Å². The summed E-state index contributed by atoms with van der Waals surface area (Å²) in [5, 5.41) is 0. The summed E-state index contributed by atoms with van der Waals surface area (Å²) in [7, 11) is 0. The summed E-state index contributed by atoms with van der Waals surface area (Å²) >= 11 is 3.61. The molecule has 58 valence electrons. The molecule has 1 saturated carbocycles. The molecule has 0 radical (unpaired) electrons. The second-order valence-corrected chi connectivity index (χ2v) is 5.03. The van der Waals surface area contributed by atoms with E-state index in [-0.39, 0.29) is 0 Å². The van der Waals surface area contributed by atoms with E-state index in [1.807, 2.05) is 0 Å². The lowest BCUT2D eigenvalue weighted by atomic mass is 9.86. The van der Waals surface area contributed by atoms with Gasteiger partial charge in [0.2, 0.25) is 0 Å². The Balaban J connectivity index is 1.99. The van der Waals surface area contributed by atoms with Gasteiger partial charge in [-0.25, -0.2) is 0 Å². The predicted molar refractivity (Wildman–Crippen MR) is 49.3 cm³/mol. The predicted octanol–water partition coefficient (Wildman–Crippen LogP) is 3.11. The minimum atomic E-state index is 0.888. The van der Waals surface area contributed by atoms with Gasteiger partial charge in [-0.15, -0.1) is 0 Å². The molecular weight excluding hydrogens is 200 g/mol. The second-order valence-electron chi connectivity index (χ2n) is 4.01. The highest BCUT2D eigenvalue weighted by Crippen LogP contribution is 2.55. The monoisotopic (exact) mass is 210 g/mol. The summed E-state index contributed by atoms with van der Waals surface area (Å²) in [4.78, 5) is 0. The third-order valence-electron chi connectivity index (χ3n) is 3.49. The van der Waals surface area contributed by atoms with Gasteiger partial charge in [-0.1, -0.05) is 34.2 Å². The molecule has 3 aliphatic carbocycles. The van der Waals surface area contributed by atoms with E-state index in [9.17, 15) is 0 Å². The van der Waals surface area contributed by atoms with Crippen LogP contribution in [-0.4, -0.2) is 0 Å². The molecule has 0 heterocycles. The minimum absolute atomic E-state index is 0.888. The van der Waals surface area contributed by atoms with Crippen molar-refractivity contribution in [1.29, 1.82) is 0 Å². The average molecular weight is 211 g/mol. The standard InChI is InChI=1S/C10H11Br/c11-8-4-9-6-1-2-7(3-6)10(9)5-8/h1-2,4,6-7,9-10H,3,5H2. The maximum absolute atomic E-state index is 3.61. The van der Waals surface area contributed by atoms with Gasteiger partial charge in [0, 0.05) is 0 Å². The van der Waals surface area contributed by atoms with E-state index < -0.39 is 0 Å². The Labute approximate surface area is 75.5 Å². The van der Waals surface area contributed by atoms with Gasteiger partial charge in [-0.05, 0) is 41.0 Å². The first kappa shape index (κ1) is 6.47. The zero-order valence-corrected chi connectivity index (χ0v) is 7.92. The SMILES string of the molecule is BrC1=CC2C3C=CC(C3)C2C1. The molecule has 0 nitrogen and oxygen atoms in total. The zero-order chi connectivity index (χ0) is 7.42. The molecule has 0 saturated heterocycles. The Kier molecular flexibility index (Phi) is 1.18. The van der Waals surface area contributed by atoms with Crippen molar-refractivity contribution in [3.63, 3.8) is 0 Å². The van der Waals surface area contributed by atoms with Crippen molar-refractivity contribution < 1.29 is 0 Å². The zero-order valence-electron chi connectivity index (χ0n) is 6.33. The maximum atomic E-state index is 3.61. The molecule has 0 aromatic carbocycles. The molecule has 11 heavy (non-hydrogen) atoms. The third-order valence-corrected chi connectivity index (χ3v) is 4.08. The summed E-state index contributed by atoms with van der Waals surface area (Å²) in [5.41, 5.74) is 0. The number of hydrogen-bond donors (Lipinski definition) is 0. The van der Waals surface area contributed by atoms with Crippen molar-refractivity contribution in [3.8, 4) is 0 Å². The average Bonchev–Trinajstić information content (AvgIpc) is 2.53. The number of halogens is 1. The molecule has 3 rings (SSSR count). The summed E-state index contributed by atoms with van der Waals surface area (Å²) < 4.78 is 1.45. The topological polar surface area (TPSA) is 0 Å². The van der Waals surface area contributed by atoms with E-state index in [1.54, 1.807) is 0 Å². The van der Waals surface area contributed by atoms with Crippen molar-refractivity contribution in [2.75, 3.05) is 0 Å². The Morgan fingerprint density at radius 1 is 1.27 bits per heavy atom. The summed E-state index contributed by atoms with van der Waals surface area (Å²) in [6.07, 6.45) is 10.0. The van der Waals surface area contributed by atoms with E-state index in [0.29, 0.717) is 0 Å². The van der Waals surface area contributed by atoms with Crippen LogP contribution < -0.4 is 0 Å². The number of hydrogen-bond acceptors (Lipinski definition) is 0. The Hall–Kier alpha value is -0.0400. The molecule has 3 aliphatic rings. The fourth-order valence-corrected chi connectivity index (χ4v) is 3.68. The molecular formula is C10H11Br. The molecule has 0 spiro atoms. The van der Waals surface area contributed by atoms with Gasteiger partial charge in [0.05, 0.1) is 0 Å². The van der Waals surface area contributed by atoms with Crippen LogP contribution in [0.15, 0.2) is 22.7 Å². The van der Waals surface area contributed by atoms with Crippen LogP contribution in [0.25, 0.3) is 0 Å². The van der Waals surface area contributed by atoms with E-state index in [1.165, 1.54) is 17.3 Å². The number of allylic oxidation sites excluding steroid dienone is 4. The van der Waals surface area contributed by atoms with Crippen LogP contribution in [0.4, 0.5) is 0 Å². The van der Waals surface area contributed by atoms with Gasteiger partial charge in [-0.2, -0.15) is 0 Å². The molecule has 0 N–H and O–H groups in total.